The van der Waals surface area contributed by atoms with Crippen molar-refractivity contribution in [3.8, 4) is 11.0 Å². The fourth-order valence-electron chi connectivity index (χ4n) is 1.44. The van der Waals surface area contributed by atoms with Gasteiger partial charge in [-0.25, -0.2) is 0 Å². The van der Waals surface area contributed by atoms with Gasteiger partial charge >= 0.3 is 89.0 Å². The fourth-order valence-corrected chi connectivity index (χ4v) is 1.44. The van der Waals surface area contributed by atoms with E-state index in [9.17, 15) is 17.6 Å². The van der Waals surface area contributed by atoms with E-state index in [-0.39, 0.29) is 5.46 Å². The van der Waals surface area contributed by atoms with Gasteiger partial charge in [0.2, 0.25) is 0 Å². The molecule has 0 saturated heterocycles. The molecule has 0 amide bonds. The third kappa shape index (κ3) is 1.73. The summed E-state index contributed by atoms with van der Waals surface area (Å²) in [6.45, 7) is 1.42. The van der Waals surface area contributed by atoms with E-state index in [1.807, 2.05) is 0 Å². The predicted octanol–water partition coefficient (Wildman–Crippen LogP) is 3.25. The van der Waals surface area contributed by atoms with Crippen molar-refractivity contribution in [2.24, 2.45) is 0 Å². The molecule has 0 bridgehead atoms. The van der Waals surface area contributed by atoms with E-state index < -0.39 is 28.8 Å². The molecular weight excluding hydrogens is 219 g/mol. The molecule has 0 radical (unpaired) electrons. The van der Waals surface area contributed by atoms with E-state index in [2.05, 4.69) is 0 Å². The zero-order valence-corrected chi connectivity index (χ0v) is 7.98. The zero-order chi connectivity index (χ0) is 11.7. The molecule has 0 unspecified atom stereocenters. The van der Waals surface area contributed by atoms with Crippen molar-refractivity contribution in [2.75, 3.05) is 0 Å². The first-order valence-corrected chi connectivity index (χ1v) is 4.49. The Kier molecular flexibility index (Phi) is 2.77. The van der Waals surface area contributed by atoms with Crippen LogP contribution in [0, 0.1) is 23.3 Å². The molecule has 2 rings (SSSR count). The molecule has 2 aromatic rings. The molecule has 0 fully saturated rings. The maximum atomic E-state index is 13.4. The second-order valence-corrected chi connectivity index (χ2v) is 3.21. The average molecular weight is 224 g/mol. The first kappa shape index (κ1) is 10.9. The molecule has 5 heteroatoms. The topological polar surface area (TPSA) is 0 Å². The summed E-state index contributed by atoms with van der Waals surface area (Å²) in [5, 5.41) is 0. The van der Waals surface area contributed by atoms with Crippen LogP contribution in [0.2, 0.25) is 0 Å². The fraction of sp³-hybridized carbons (Fsp3) is 0. The van der Waals surface area contributed by atoms with Crippen LogP contribution in [0.5, 0.6) is 0 Å². The van der Waals surface area contributed by atoms with Crippen LogP contribution in [0.25, 0.3) is 11.0 Å². The predicted molar refractivity (Wildman–Crippen MR) is 53.1 cm³/mol. The minimum absolute atomic E-state index is 0.163. The molecular formula is C11H5BF4. The second kappa shape index (κ2) is 4.08. The van der Waals surface area contributed by atoms with Crippen molar-refractivity contribution in [3.05, 3.63) is 53.5 Å². The Labute approximate surface area is 89.8 Å². The van der Waals surface area contributed by atoms with Crippen molar-refractivity contribution in [2.45, 2.75) is 0 Å². The summed E-state index contributed by atoms with van der Waals surface area (Å²) >= 11 is 0. The van der Waals surface area contributed by atoms with Gasteiger partial charge in [-0.3, -0.25) is 0 Å². The molecule has 1 heterocycles. The SMILES string of the molecule is Fc1cc(F)c(-c2bcccc2)c(F)c1F. The van der Waals surface area contributed by atoms with Crippen molar-refractivity contribution in [3.63, 3.8) is 0 Å². The molecule has 1 aromatic heterocycles. The summed E-state index contributed by atoms with van der Waals surface area (Å²) in [5.41, 5.74) is -0.393. The zero-order valence-electron chi connectivity index (χ0n) is 7.98. The Morgan fingerprint density at radius 3 is 2.25 bits per heavy atom. The van der Waals surface area contributed by atoms with Gasteiger partial charge < -0.3 is 0 Å². The van der Waals surface area contributed by atoms with E-state index in [4.69, 9.17) is 0 Å². The number of hydrogen-bond acceptors (Lipinski definition) is 0. The number of rotatable bonds is 1. The standard InChI is InChI=1S/C11H5BF4/c13-7-5-8(14)10(15)11(16)9(7)6-3-1-2-4-12-6/h1-5H. The van der Waals surface area contributed by atoms with Gasteiger partial charge in [0.1, 0.15) is 0 Å². The third-order valence-electron chi connectivity index (χ3n) is 2.18. The summed E-state index contributed by atoms with van der Waals surface area (Å²) < 4.78 is 52.3. The maximum absolute atomic E-state index is 13.4. The molecule has 1 aromatic carbocycles. The Balaban J connectivity index is 2.71. The van der Waals surface area contributed by atoms with Gasteiger partial charge in [0, 0.05) is 0 Å². The van der Waals surface area contributed by atoms with Gasteiger partial charge in [-0.1, -0.05) is 0 Å². The minimum atomic E-state index is -1.67. The van der Waals surface area contributed by atoms with Gasteiger partial charge in [-0.05, 0) is 0 Å². The molecule has 0 nitrogen and oxygen atoms in total. The van der Waals surface area contributed by atoms with Crippen LogP contribution in [0.1, 0.15) is 0 Å². The summed E-state index contributed by atoms with van der Waals surface area (Å²) in [6, 6.07) is 4.95. The Morgan fingerprint density at radius 2 is 1.62 bits per heavy atom. The van der Waals surface area contributed by atoms with Crippen LogP contribution in [0.3, 0.4) is 0 Å². The summed E-state index contributed by atoms with van der Waals surface area (Å²) in [6.07, 6.45) is 0. The van der Waals surface area contributed by atoms with E-state index >= 15 is 0 Å². The Bertz CT molecular complexity index is 525. The van der Waals surface area contributed by atoms with Crippen LogP contribution in [0.4, 0.5) is 17.6 Å². The van der Waals surface area contributed by atoms with E-state index in [0.717, 1.165) is 0 Å². The molecule has 0 spiro atoms. The summed E-state index contributed by atoms with van der Waals surface area (Å²) in [5.74, 6) is -4.28. The van der Waals surface area contributed by atoms with E-state index in [1.165, 1.54) is 13.0 Å². The van der Waals surface area contributed by atoms with Crippen LogP contribution < -0.4 is 0 Å². The summed E-state index contributed by atoms with van der Waals surface area (Å²) in [4.78, 5) is 0. The molecule has 0 aliphatic carbocycles. The van der Waals surface area contributed by atoms with Crippen molar-refractivity contribution >= 4 is 6.91 Å². The first-order chi connectivity index (χ1) is 7.61. The molecule has 0 atom stereocenters. The van der Waals surface area contributed by atoms with Crippen LogP contribution in [-0.4, -0.2) is 6.91 Å². The van der Waals surface area contributed by atoms with Crippen LogP contribution in [-0.2, 0) is 0 Å². The molecule has 0 aliphatic heterocycles. The average Bonchev–Trinajstić information content (AvgIpc) is 2.28. The van der Waals surface area contributed by atoms with E-state index in [1.54, 1.807) is 18.1 Å². The monoisotopic (exact) mass is 224 g/mol. The quantitative estimate of drug-likeness (QED) is 0.396. The third-order valence-corrected chi connectivity index (χ3v) is 2.18. The van der Waals surface area contributed by atoms with Crippen LogP contribution >= 0.6 is 0 Å². The molecule has 80 valence electrons. The van der Waals surface area contributed by atoms with Gasteiger partial charge in [-0.2, -0.15) is 0 Å². The van der Waals surface area contributed by atoms with Crippen molar-refractivity contribution in [1.82, 2.24) is 0 Å². The van der Waals surface area contributed by atoms with Gasteiger partial charge in [-0.15, -0.1) is 0 Å². The van der Waals surface area contributed by atoms with Crippen molar-refractivity contribution < 1.29 is 17.6 Å². The Hall–Kier alpha value is -1.65. The first-order valence-electron chi connectivity index (χ1n) is 4.49. The number of benzene rings is 1. The molecule has 16 heavy (non-hydrogen) atoms. The van der Waals surface area contributed by atoms with Crippen LogP contribution in [0.15, 0.2) is 30.2 Å². The second-order valence-electron chi connectivity index (χ2n) is 3.21. The number of halogens is 4. The van der Waals surface area contributed by atoms with Gasteiger partial charge in [0.25, 0.3) is 0 Å². The van der Waals surface area contributed by atoms with E-state index in [0.29, 0.717) is 6.07 Å². The normalized spacial score (nSPS) is 10.2. The van der Waals surface area contributed by atoms with Gasteiger partial charge in [0.05, 0.1) is 0 Å². The molecule has 0 aliphatic rings. The van der Waals surface area contributed by atoms with Gasteiger partial charge in [0.15, 0.2) is 0 Å². The number of hydrogen-bond donors (Lipinski definition) is 0. The summed E-state index contributed by atoms with van der Waals surface area (Å²) in [7, 11) is 0. The molecule has 0 saturated carbocycles. The molecule has 0 N–H and O–H groups in total. The van der Waals surface area contributed by atoms with Crippen molar-refractivity contribution in [1.29, 1.82) is 0 Å². The Morgan fingerprint density at radius 1 is 0.875 bits per heavy atom.